The molecule has 98 valence electrons. The summed E-state index contributed by atoms with van der Waals surface area (Å²) in [6.45, 7) is 0.891. The van der Waals surface area contributed by atoms with Gasteiger partial charge in [0, 0.05) is 0 Å². The van der Waals surface area contributed by atoms with E-state index >= 15 is 0 Å². The molecule has 0 amide bonds. The molecule has 0 aliphatic carbocycles. The molecule has 0 unspecified atom stereocenters. The fraction of sp³-hybridized carbons (Fsp3) is 0.462. The first-order valence-electron chi connectivity index (χ1n) is 5.89. The van der Waals surface area contributed by atoms with Crippen molar-refractivity contribution in [1.82, 2.24) is 0 Å². The Balaban J connectivity index is 1.56. The van der Waals surface area contributed by atoms with Crippen molar-refractivity contribution in [2.75, 3.05) is 19.8 Å². The number of hydrogen-bond acceptors (Lipinski definition) is 5. The van der Waals surface area contributed by atoms with Gasteiger partial charge in [0.05, 0.1) is 32.8 Å². The van der Waals surface area contributed by atoms with E-state index in [1.165, 1.54) is 0 Å². The van der Waals surface area contributed by atoms with Crippen LogP contribution in [0.5, 0.6) is 0 Å². The van der Waals surface area contributed by atoms with Crippen molar-refractivity contribution in [3.8, 4) is 0 Å². The second-order valence-electron chi connectivity index (χ2n) is 3.81. The summed E-state index contributed by atoms with van der Waals surface area (Å²) < 4.78 is 20.3. The summed E-state index contributed by atoms with van der Waals surface area (Å²) in [5, 5.41) is 0. The first-order chi connectivity index (χ1) is 8.84. The van der Waals surface area contributed by atoms with Gasteiger partial charge in [-0.2, -0.15) is 0 Å². The van der Waals surface area contributed by atoms with Crippen LogP contribution < -0.4 is 0 Å². The molecule has 1 fully saturated rings. The number of ether oxygens (including phenoxy) is 4. The predicted octanol–water partition coefficient (Wildman–Crippen LogP) is 1.47. The van der Waals surface area contributed by atoms with E-state index in [1.807, 2.05) is 30.3 Å². The van der Waals surface area contributed by atoms with Crippen LogP contribution in [0.15, 0.2) is 30.3 Å². The maximum atomic E-state index is 11.3. The van der Waals surface area contributed by atoms with E-state index in [-0.39, 0.29) is 12.4 Å². The van der Waals surface area contributed by atoms with Crippen LogP contribution in [-0.4, -0.2) is 32.3 Å². The smallest absolute Gasteiger partial charge is 0.318 e. The SMILES string of the molecule is O=C(CCOCc1ccccc1)OC1OCCO1. The van der Waals surface area contributed by atoms with Crippen molar-refractivity contribution in [3.05, 3.63) is 35.9 Å². The second-order valence-corrected chi connectivity index (χ2v) is 3.81. The summed E-state index contributed by atoms with van der Waals surface area (Å²) in [5.41, 5.74) is 1.08. The number of benzene rings is 1. The quantitative estimate of drug-likeness (QED) is 0.567. The van der Waals surface area contributed by atoms with Crippen molar-refractivity contribution < 1.29 is 23.7 Å². The standard InChI is InChI=1S/C13H16O5/c14-12(18-13-16-8-9-17-13)6-7-15-10-11-4-2-1-3-5-11/h1-5,13H,6-10H2. The average molecular weight is 252 g/mol. The van der Waals surface area contributed by atoms with E-state index in [2.05, 4.69) is 0 Å². The number of hydrogen-bond donors (Lipinski definition) is 0. The van der Waals surface area contributed by atoms with Crippen LogP contribution in [0.25, 0.3) is 0 Å². The molecule has 0 aromatic heterocycles. The Bertz CT molecular complexity index is 359. The molecule has 1 aliphatic rings. The largest absolute Gasteiger partial charge is 0.410 e. The summed E-state index contributed by atoms with van der Waals surface area (Å²) >= 11 is 0. The molecule has 0 bridgehead atoms. The molecule has 18 heavy (non-hydrogen) atoms. The molecule has 0 saturated carbocycles. The lowest BCUT2D eigenvalue weighted by molar-refractivity contribution is -0.227. The minimum absolute atomic E-state index is 0.191. The minimum Gasteiger partial charge on any atom is -0.410 e. The van der Waals surface area contributed by atoms with Crippen LogP contribution in [0, 0.1) is 0 Å². The van der Waals surface area contributed by atoms with Crippen molar-refractivity contribution in [2.45, 2.75) is 19.5 Å². The molecule has 1 saturated heterocycles. The van der Waals surface area contributed by atoms with Gasteiger partial charge in [0.1, 0.15) is 0 Å². The van der Waals surface area contributed by atoms with Crippen LogP contribution in [0.2, 0.25) is 0 Å². The molecular weight excluding hydrogens is 236 g/mol. The maximum Gasteiger partial charge on any atom is 0.318 e. The van der Waals surface area contributed by atoms with Gasteiger partial charge in [-0.15, -0.1) is 0 Å². The number of carbonyl (C=O) groups is 1. The third kappa shape index (κ3) is 4.44. The molecule has 1 heterocycles. The number of esters is 1. The van der Waals surface area contributed by atoms with Gasteiger partial charge in [-0.05, 0) is 5.56 Å². The first-order valence-corrected chi connectivity index (χ1v) is 5.89. The first kappa shape index (κ1) is 13.0. The monoisotopic (exact) mass is 252 g/mol. The van der Waals surface area contributed by atoms with Crippen LogP contribution in [0.1, 0.15) is 12.0 Å². The molecule has 0 atom stereocenters. The lowest BCUT2D eigenvalue weighted by Crippen LogP contribution is -2.19. The molecule has 1 aliphatic heterocycles. The van der Waals surface area contributed by atoms with Gasteiger partial charge in [0.15, 0.2) is 0 Å². The summed E-state index contributed by atoms with van der Waals surface area (Å²) in [5.74, 6) is -0.380. The lowest BCUT2D eigenvalue weighted by Gasteiger charge is -2.10. The Morgan fingerprint density at radius 2 is 1.94 bits per heavy atom. The van der Waals surface area contributed by atoms with E-state index in [1.54, 1.807) is 0 Å². The Morgan fingerprint density at radius 3 is 2.67 bits per heavy atom. The molecular formula is C13H16O5. The van der Waals surface area contributed by atoms with Crippen molar-refractivity contribution >= 4 is 5.97 Å². The summed E-state index contributed by atoms with van der Waals surface area (Å²) in [6.07, 6.45) is 0.191. The van der Waals surface area contributed by atoms with Crippen molar-refractivity contribution in [3.63, 3.8) is 0 Å². The fourth-order valence-corrected chi connectivity index (χ4v) is 1.49. The van der Waals surface area contributed by atoms with E-state index in [0.29, 0.717) is 26.4 Å². The fourth-order valence-electron chi connectivity index (χ4n) is 1.49. The number of carbonyl (C=O) groups excluding carboxylic acids is 1. The van der Waals surface area contributed by atoms with Crippen LogP contribution in [0.3, 0.4) is 0 Å². The molecule has 0 spiro atoms. The molecule has 2 rings (SSSR count). The highest BCUT2D eigenvalue weighted by Gasteiger charge is 2.20. The minimum atomic E-state index is -0.841. The molecule has 5 heteroatoms. The Hall–Kier alpha value is -1.43. The van der Waals surface area contributed by atoms with Crippen LogP contribution in [0.4, 0.5) is 0 Å². The zero-order valence-corrected chi connectivity index (χ0v) is 10.0. The van der Waals surface area contributed by atoms with E-state index in [9.17, 15) is 4.79 Å². The summed E-state index contributed by atoms with van der Waals surface area (Å²) in [6, 6.07) is 9.78. The highest BCUT2D eigenvalue weighted by Crippen LogP contribution is 2.06. The van der Waals surface area contributed by atoms with E-state index in [4.69, 9.17) is 18.9 Å². The van der Waals surface area contributed by atoms with E-state index in [0.717, 1.165) is 5.56 Å². The number of rotatable bonds is 6. The predicted molar refractivity (Wildman–Crippen MR) is 62.5 cm³/mol. The van der Waals surface area contributed by atoms with Gasteiger partial charge in [0.25, 0.3) is 0 Å². The van der Waals surface area contributed by atoms with Gasteiger partial charge in [-0.25, -0.2) is 0 Å². The van der Waals surface area contributed by atoms with Crippen LogP contribution in [-0.2, 0) is 30.3 Å². The third-order valence-electron chi connectivity index (χ3n) is 2.38. The molecule has 1 aromatic rings. The Kier molecular flexibility index (Phi) is 5.14. The highest BCUT2D eigenvalue weighted by atomic mass is 16.9. The summed E-state index contributed by atoms with van der Waals surface area (Å²) in [7, 11) is 0. The zero-order chi connectivity index (χ0) is 12.6. The average Bonchev–Trinajstić information content (AvgIpc) is 2.89. The van der Waals surface area contributed by atoms with Crippen molar-refractivity contribution in [1.29, 1.82) is 0 Å². The van der Waals surface area contributed by atoms with Gasteiger partial charge in [0.2, 0.25) is 0 Å². The normalized spacial score (nSPS) is 15.8. The van der Waals surface area contributed by atoms with Crippen LogP contribution >= 0.6 is 0 Å². The molecule has 5 nitrogen and oxygen atoms in total. The Labute approximate surface area is 106 Å². The molecule has 0 radical (unpaired) electrons. The van der Waals surface area contributed by atoms with E-state index < -0.39 is 6.48 Å². The maximum absolute atomic E-state index is 11.3. The van der Waals surface area contributed by atoms with Gasteiger partial charge >= 0.3 is 12.4 Å². The second kappa shape index (κ2) is 7.10. The zero-order valence-electron chi connectivity index (χ0n) is 10.0. The third-order valence-corrected chi connectivity index (χ3v) is 2.38. The van der Waals surface area contributed by atoms with Crippen molar-refractivity contribution in [2.24, 2.45) is 0 Å². The highest BCUT2D eigenvalue weighted by molar-refractivity contribution is 5.69. The Morgan fingerprint density at radius 1 is 1.22 bits per heavy atom. The summed E-state index contributed by atoms with van der Waals surface area (Å²) in [4.78, 5) is 11.3. The lowest BCUT2D eigenvalue weighted by atomic mass is 10.2. The van der Waals surface area contributed by atoms with Gasteiger partial charge in [-0.3, -0.25) is 4.79 Å². The topological polar surface area (TPSA) is 54.0 Å². The van der Waals surface area contributed by atoms with Gasteiger partial charge in [-0.1, -0.05) is 30.3 Å². The molecule has 0 N–H and O–H groups in total. The molecule has 1 aromatic carbocycles. The van der Waals surface area contributed by atoms with Gasteiger partial charge < -0.3 is 18.9 Å².